The van der Waals surface area contributed by atoms with Crippen LogP contribution in [0.15, 0.2) is 109 Å². The van der Waals surface area contributed by atoms with E-state index in [2.05, 4.69) is 124 Å². The van der Waals surface area contributed by atoms with Gasteiger partial charge in [-0.15, -0.1) is 11.3 Å². The van der Waals surface area contributed by atoms with E-state index in [-0.39, 0.29) is 12.2 Å². The third kappa shape index (κ3) is 6.83. The Labute approximate surface area is 257 Å². The number of anilines is 3. The SMILES string of the molecule is Cc1ccc(N(c2ccc(/C=C(\c3ccccc3)c3ccc(C)c(C)c3)cc2)c2ccc(/C=C(/C#N)OC=O)s2)c(C)c1. The molecule has 0 fully saturated rings. The quantitative estimate of drug-likeness (QED) is 0.0753. The van der Waals surface area contributed by atoms with Crippen molar-refractivity contribution in [2.75, 3.05) is 4.90 Å². The van der Waals surface area contributed by atoms with Crippen LogP contribution in [0.2, 0.25) is 0 Å². The first kappa shape index (κ1) is 29.3. The number of thiophene rings is 1. The molecule has 4 aromatic carbocycles. The second-order valence-electron chi connectivity index (χ2n) is 10.5. The molecule has 212 valence electrons. The number of hydrogen-bond donors (Lipinski definition) is 0. The number of ether oxygens (including phenoxy) is 1. The van der Waals surface area contributed by atoms with Gasteiger partial charge in [-0.05, 0) is 103 Å². The molecule has 1 heterocycles. The molecule has 1 aromatic heterocycles. The van der Waals surface area contributed by atoms with Crippen molar-refractivity contribution >= 4 is 51.9 Å². The number of aryl methyl sites for hydroxylation is 4. The highest BCUT2D eigenvalue weighted by atomic mass is 32.1. The molecule has 43 heavy (non-hydrogen) atoms. The summed E-state index contributed by atoms with van der Waals surface area (Å²) in [5.41, 5.74) is 11.6. The lowest BCUT2D eigenvalue weighted by atomic mass is 9.93. The van der Waals surface area contributed by atoms with E-state index >= 15 is 0 Å². The summed E-state index contributed by atoms with van der Waals surface area (Å²) >= 11 is 1.52. The van der Waals surface area contributed by atoms with Crippen LogP contribution < -0.4 is 4.90 Å². The van der Waals surface area contributed by atoms with Crippen LogP contribution in [0.3, 0.4) is 0 Å². The molecule has 4 nitrogen and oxygen atoms in total. The normalized spacial score (nSPS) is 11.6. The molecule has 0 unspecified atom stereocenters. The van der Waals surface area contributed by atoms with Gasteiger partial charge >= 0.3 is 0 Å². The Morgan fingerprint density at radius 2 is 1.53 bits per heavy atom. The summed E-state index contributed by atoms with van der Waals surface area (Å²) < 4.78 is 4.79. The molecule has 0 aliphatic heterocycles. The third-order valence-electron chi connectivity index (χ3n) is 7.35. The van der Waals surface area contributed by atoms with Gasteiger partial charge in [0.2, 0.25) is 5.76 Å². The Bertz CT molecular complexity index is 1860. The lowest BCUT2D eigenvalue weighted by molar-refractivity contribution is -0.124. The van der Waals surface area contributed by atoms with Gasteiger partial charge < -0.3 is 9.64 Å². The summed E-state index contributed by atoms with van der Waals surface area (Å²) in [6.45, 7) is 8.76. The van der Waals surface area contributed by atoms with Gasteiger partial charge in [-0.1, -0.05) is 78.4 Å². The Balaban J connectivity index is 1.57. The number of carbonyl (C=O) groups is 1. The molecule has 0 bridgehead atoms. The zero-order valence-electron chi connectivity index (χ0n) is 24.7. The summed E-state index contributed by atoms with van der Waals surface area (Å²) in [4.78, 5) is 13.8. The molecule has 0 amide bonds. The predicted molar refractivity (Wildman–Crippen MR) is 179 cm³/mol. The summed E-state index contributed by atoms with van der Waals surface area (Å²) in [6, 6.07) is 38.0. The predicted octanol–water partition coefficient (Wildman–Crippen LogP) is 10.1. The monoisotopic (exact) mass is 580 g/mol. The third-order valence-corrected chi connectivity index (χ3v) is 8.37. The lowest BCUT2D eigenvalue weighted by Crippen LogP contribution is -2.10. The molecule has 5 rings (SSSR count). The molecule has 0 radical (unpaired) electrons. The smallest absolute Gasteiger partial charge is 0.299 e. The van der Waals surface area contributed by atoms with Crippen molar-refractivity contribution in [2.45, 2.75) is 27.7 Å². The van der Waals surface area contributed by atoms with Crippen LogP contribution in [0.4, 0.5) is 16.4 Å². The highest BCUT2D eigenvalue weighted by molar-refractivity contribution is 7.17. The Morgan fingerprint density at radius 1 is 0.767 bits per heavy atom. The summed E-state index contributed by atoms with van der Waals surface area (Å²) in [7, 11) is 0. The first-order chi connectivity index (χ1) is 20.9. The zero-order valence-corrected chi connectivity index (χ0v) is 25.5. The number of rotatable bonds is 9. The lowest BCUT2D eigenvalue weighted by Gasteiger charge is -2.25. The van der Waals surface area contributed by atoms with Crippen molar-refractivity contribution in [1.29, 1.82) is 5.26 Å². The first-order valence-electron chi connectivity index (χ1n) is 14.0. The average molecular weight is 581 g/mol. The van der Waals surface area contributed by atoms with Crippen molar-refractivity contribution in [3.8, 4) is 6.07 Å². The molecular weight excluding hydrogens is 548 g/mol. The van der Waals surface area contributed by atoms with Crippen LogP contribution in [0.1, 0.15) is 43.8 Å². The van der Waals surface area contributed by atoms with Crippen molar-refractivity contribution in [3.05, 3.63) is 153 Å². The maximum absolute atomic E-state index is 10.8. The topological polar surface area (TPSA) is 53.3 Å². The van der Waals surface area contributed by atoms with Crippen molar-refractivity contribution in [2.24, 2.45) is 0 Å². The minimum Gasteiger partial charge on any atom is -0.417 e. The second-order valence-corrected chi connectivity index (χ2v) is 11.5. The van der Waals surface area contributed by atoms with Crippen LogP contribution in [-0.4, -0.2) is 6.47 Å². The van der Waals surface area contributed by atoms with E-state index in [0.717, 1.165) is 32.4 Å². The summed E-state index contributed by atoms with van der Waals surface area (Å²) in [5, 5.41) is 10.3. The van der Waals surface area contributed by atoms with E-state index < -0.39 is 0 Å². The number of allylic oxidation sites excluding steroid dienone is 1. The van der Waals surface area contributed by atoms with E-state index in [1.807, 2.05) is 24.3 Å². The molecular formula is C38H32N2O2S. The second kappa shape index (κ2) is 13.2. The van der Waals surface area contributed by atoms with Gasteiger partial charge in [-0.2, -0.15) is 5.26 Å². The standard InChI is InChI=1S/C38H32N2O2S/c1-26-10-18-37(29(4)20-26)40(38-19-17-35(43-38)23-34(24-39)42-25-41)33-15-12-30(13-16-33)22-36(31-8-6-5-7-9-31)32-14-11-27(2)28(3)21-32/h5-23,25H,1-4H3/b34-23-,36-22+. The number of nitriles is 1. The fourth-order valence-electron chi connectivity index (χ4n) is 5.00. The average Bonchev–Trinajstić information content (AvgIpc) is 3.47. The maximum atomic E-state index is 10.8. The largest absolute Gasteiger partial charge is 0.417 e. The van der Waals surface area contributed by atoms with E-state index in [1.165, 1.54) is 44.7 Å². The van der Waals surface area contributed by atoms with Crippen molar-refractivity contribution in [1.82, 2.24) is 0 Å². The van der Waals surface area contributed by atoms with Crippen LogP contribution in [-0.2, 0) is 9.53 Å². The fraction of sp³-hybridized carbons (Fsp3) is 0.105. The van der Waals surface area contributed by atoms with Crippen molar-refractivity contribution < 1.29 is 9.53 Å². The fourth-order valence-corrected chi connectivity index (χ4v) is 5.98. The highest BCUT2D eigenvalue weighted by Crippen LogP contribution is 2.41. The highest BCUT2D eigenvalue weighted by Gasteiger charge is 2.17. The summed E-state index contributed by atoms with van der Waals surface area (Å²) in [5.74, 6) is -0.0457. The maximum Gasteiger partial charge on any atom is 0.299 e. The number of carbonyl (C=O) groups excluding carboxylic acids is 1. The van der Waals surface area contributed by atoms with Crippen molar-refractivity contribution in [3.63, 3.8) is 0 Å². The molecule has 0 aliphatic carbocycles. The Kier molecular flexibility index (Phi) is 9.00. The van der Waals surface area contributed by atoms with Gasteiger partial charge in [-0.3, -0.25) is 4.79 Å². The minimum atomic E-state index is -0.0457. The Hall–Kier alpha value is -5.18. The van der Waals surface area contributed by atoms with E-state index in [9.17, 15) is 10.1 Å². The van der Waals surface area contributed by atoms with E-state index in [1.54, 1.807) is 6.08 Å². The molecule has 0 aliphatic rings. The molecule has 5 heteroatoms. The van der Waals surface area contributed by atoms with Gasteiger partial charge in [0.05, 0.1) is 0 Å². The van der Waals surface area contributed by atoms with Crippen LogP contribution in [0.25, 0.3) is 17.7 Å². The number of benzene rings is 4. The van der Waals surface area contributed by atoms with Gasteiger partial charge in [-0.25, -0.2) is 0 Å². The Morgan fingerprint density at radius 3 is 2.21 bits per heavy atom. The summed E-state index contributed by atoms with van der Waals surface area (Å²) in [6.07, 6.45) is 3.82. The number of hydrogen-bond acceptors (Lipinski definition) is 5. The van der Waals surface area contributed by atoms with Gasteiger partial charge in [0.25, 0.3) is 6.47 Å². The number of nitrogens with zero attached hydrogens (tertiary/aromatic N) is 2. The molecule has 0 spiro atoms. The van der Waals surface area contributed by atoms with Gasteiger partial charge in [0.15, 0.2) is 0 Å². The molecule has 0 saturated carbocycles. The van der Waals surface area contributed by atoms with Crippen LogP contribution >= 0.6 is 11.3 Å². The molecule has 5 aromatic rings. The van der Waals surface area contributed by atoms with Gasteiger partial charge in [0, 0.05) is 22.3 Å². The molecule has 0 saturated heterocycles. The van der Waals surface area contributed by atoms with Crippen LogP contribution in [0.5, 0.6) is 0 Å². The molecule has 0 atom stereocenters. The van der Waals surface area contributed by atoms with Crippen LogP contribution in [0, 0.1) is 39.0 Å². The minimum absolute atomic E-state index is 0.0457. The van der Waals surface area contributed by atoms with E-state index in [0.29, 0.717) is 0 Å². The zero-order chi connectivity index (χ0) is 30.3. The first-order valence-corrected chi connectivity index (χ1v) is 14.8. The molecule has 0 N–H and O–H groups in total. The van der Waals surface area contributed by atoms with Gasteiger partial charge in [0.1, 0.15) is 11.1 Å². The van der Waals surface area contributed by atoms with E-state index in [4.69, 9.17) is 4.74 Å².